The van der Waals surface area contributed by atoms with Gasteiger partial charge in [-0.05, 0) is 30.3 Å². The average molecular weight is 374 g/mol. The average Bonchev–Trinajstić information content (AvgIpc) is 3.07. The van der Waals surface area contributed by atoms with Crippen molar-refractivity contribution in [1.29, 1.82) is 0 Å². The van der Waals surface area contributed by atoms with Crippen LogP contribution in [-0.4, -0.2) is 36.6 Å². The molecule has 0 unspecified atom stereocenters. The molecule has 2 aromatic carbocycles. The van der Waals surface area contributed by atoms with E-state index in [1.165, 1.54) is 11.0 Å². The van der Waals surface area contributed by atoms with E-state index in [1.807, 2.05) is 0 Å². The van der Waals surface area contributed by atoms with E-state index in [-0.39, 0.29) is 43.8 Å². The summed E-state index contributed by atoms with van der Waals surface area (Å²) in [7, 11) is 0. The zero-order valence-corrected chi connectivity index (χ0v) is 14.2. The number of ether oxygens (including phenoxy) is 2. The van der Waals surface area contributed by atoms with Gasteiger partial charge in [0.1, 0.15) is 11.6 Å². The number of benzene rings is 2. The Hall–Kier alpha value is -3.16. The van der Waals surface area contributed by atoms with Gasteiger partial charge < -0.3 is 19.7 Å². The van der Waals surface area contributed by atoms with Crippen molar-refractivity contribution < 1.29 is 27.8 Å². The highest BCUT2D eigenvalue weighted by atomic mass is 19.1. The number of hydrogen-bond donors (Lipinski definition) is 1. The Morgan fingerprint density at radius 3 is 2.52 bits per heavy atom. The van der Waals surface area contributed by atoms with Gasteiger partial charge in [0.2, 0.25) is 12.7 Å². The van der Waals surface area contributed by atoms with Crippen LogP contribution in [0, 0.1) is 17.6 Å². The van der Waals surface area contributed by atoms with Crippen LogP contribution in [0.5, 0.6) is 11.5 Å². The molecule has 4 rings (SSSR count). The molecule has 2 heterocycles. The fourth-order valence-corrected chi connectivity index (χ4v) is 3.04. The van der Waals surface area contributed by atoms with E-state index in [1.54, 1.807) is 18.2 Å². The van der Waals surface area contributed by atoms with Gasteiger partial charge in [0.25, 0.3) is 5.91 Å². The van der Waals surface area contributed by atoms with Gasteiger partial charge >= 0.3 is 0 Å². The smallest absolute Gasteiger partial charge is 0.254 e. The predicted molar refractivity (Wildman–Crippen MR) is 90.2 cm³/mol. The first-order valence-corrected chi connectivity index (χ1v) is 8.42. The first-order chi connectivity index (χ1) is 13.0. The molecule has 0 saturated carbocycles. The fraction of sp³-hybridized carbons (Fsp3) is 0.263. The molecular formula is C19H16F2N2O4. The van der Waals surface area contributed by atoms with Gasteiger partial charge in [0, 0.05) is 30.8 Å². The minimum absolute atomic E-state index is 0.127. The molecule has 0 radical (unpaired) electrons. The Labute approximate surface area is 153 Å². The van der Waals surface area contributed by atoms with E-state index >= 15 is 0 Å². The van der Waals surface area contributed by atoms with Crippen LogP contribution in [0.25, 0.3) is 0 Å². The number of halogens is 2. The van der Waals surface area contributed by atoms with Crippen molar-refractivity contribution in [2.75, 3.05) is 19.9 Å². The monoisotopic (exact) mass is 374 g/mol. The third kappa shape index (κ3) is 3.30. The van der Waals surface area contributed by atoms with Crippen LogP contribution < -0.4 is 14.8 Å². The molecule has 1 fully saturated rings. The van der Waals surface area contributed by atoms with Crippen LogP contribution in [0.4, 0.5) is 8.78 Å². The second-order valence-corrected chi connectivity index (χ2v) is 6.39. The number of carbonyl (C=O) groups is 2. The van der Waals surface area contributed by atoms with Crippen molar-refractivity contribution in [3.8, 4) is 11.5 Å². The molecule has 8 heteroatoms. The summed E-state index contributed by atoms with van der Waals surface area (Å²) in [5, 5.41) is 2.52. The first kappa shape index (κ1) is 17.3. The summed E-state index contributed by atoms with van der Waals surface area (Å²) >= 11 is 0. The topological polar surface area (TPSA) is 67.9 Å². The van der Waals surface area contributed by atoms with Gasteiger partial charge in [-0.2, -0.15) is 0 Å². The molecule has 0 atom stereocenters. The number of fused-ring (bicyclic) bond motifs is 1. The van der Waals surface area contributed by atoms with Crippen LogP contribution in [0.1, 0.15) is 15.9 Å². The molecular weight excluding hydrogens is 358 g/mol. The Morgan fingerprint density at radius 1 is 1.07 bits per heavy atom. The minimum atomic E-state index is -0.705. The Bertz CT molecular complexity index is 892. The van der Waals surface area contributed by atoms with E-state index in [2.05, 4.69) is 5.32 Å². The standard InChI is InChI=1S/C19H16F2N2O4/c20-14-2-1-3-15(21)13(14)7-22-18(24)12-8-23(9-12)19(25)11-4-5-16-17(6-11)27-10-26-16/h1-6,12H,7-10H2,(H,22,24). The van der Waals surface area contributed by atoms with Gasteiger partial charge in [-0.15, -0.1) is 0 Å². The summed E-state index contributed by atoms with van der Waals surface area (Å²) in [5.74, 6) is -1.26. The molecule has 0 aliphatic carbocycles. The summed E-state index contributed by atoms with van der Waals surface area (Å²) in [6, 6.07) is 8.46. The Balaban J connectivity index is 1.31. The van der Waals surface area contributed by atoms with Crippen molar-refractivity contribution in [3.63, 3.8) is 0 Å². The molecule has 0 spiro atoms. The van der Waals surface area contributed by atoms with Crippen molar-refractivity contribution in [3.05, 3.63) is 59.2 Å². The number of rotatable bonds is 4. The van der Waals surface area contributed by atoms with E-state index in [0.717, 1.165) is 12.1 Å². The lowest BCUT2D eigenvalue weighted by atomic mass is 9.97. The SMILES string of the molecule is O=C(NCc1c(F)cccc1F)C1CN(C(=O)c2ccc3c(c2)OCO3)C1. The van der Waals surface area contributed by atoms with Gasteiger partial charge in [-0.1, -0.05) is 6.07 Å². The Kier molecular flexibility index (Phi) is 4.39. The highest BCUT2D eigenvalue weighted by molar-refractivity contribution is 5.96. The lowest BCUT2D eigenvalue weighted by Gasteiger charge is -2.38. The summed E-state index contributed by atoms with van der Waals surface area (Å²) in [4.78, 5) is 26.1. The zero-order valence-electron chi connectivity index (χ0n) is 14.2. The van der Waals surface area contributed by atoms with Crippen LogP contribution in [0.3, 0.4) is 0 Å². The molecule has 1 N–H and O–H groups in total. The highest BCUT2D eigenvalue weighted by Gasteiger charge is 2.36. The quantitative estimate of drug-likeness (QED) is 0.890. The molecule has 0 bridgehead atoms. The fourth-order valence-electron chi connectivity index (χ4n) is 3.04. The predicted octanol–water partition coefficient (Wildman–Crippen LogP) is 2.08. The number of nitrogens with zero attached hydrogens (tertiary/aromatic N) is 1. The largest absolute Gasteiger partial charge is 0.454 e. The van der Waals surface area contributed by atoms with E-state index in [4.69, 9.17) is 9.47 Å². The van der Waals surface area contributed by atoms with Gasteiger partial charge in [0.05, 0.1) is 5.92 Å². The Morgan fingerprint density at radius 2 is 1.78 bits per heavy atom. The summed E-state index contributed by atoms with van der Waals surface area (Å²) in [5.41, 5.74) is 0.269. The summed E-state index contributed by atoms with van der Waals surface area (Å²) in [6.45, 7) is 0.392. The minimum Gasteiger partial charge on any atom is -0.454 e. The maximum atomic E-state index is 13.6. The van der Waals surface area contributed by atoms with Crippen molar-refractivity contribution >= 4 is 11.8 Å². The maximum Gasteiger partial charge on any atom is 0.254 e. The van der Waals surface area contributed by atoms with Crippen molar-refractivity contribution in [2.24, 2.45) is 5.92 Å². The second-order valence-electron chi connectivity index (χ2n) is 6.39. The van der Waals surface area contributed by atoms with E-state index in [9.17, 15) is 18.4 Å². The number of hydrogen-bond acceptors (Lipinski definition) is 4. The number of likely N-dealkylation sites (tertiary alicyclic amines) is 1. The third-order valence-electron chi connectivity index (χ3n) is 4.66. The lowest BCUT2D eigenvalue weighted by Crippen LogP contribution is -2.55. The molecule has 1 saturated heterocycles. The van der Waals surface area contributed by atoms with Gasteiger partial charge in [-0.25, -0.2) is 8.78 Å². The van der Waals surface area contributed by atoms with E-state index in [0.29, 0.717) is 17.1 Å². The summed E-state index contributed by atoms with van der Waals surface area (Å²) < 4.78 is 37.6. The van der Waals surface area contributed by atoms with Crippen molar-refractivity contribution in [1.82, 2.24) is 10.2 Å². The maximum absolute atomic E-state index is 13.6. The summed E-state index contributed by atoms with van der Waals surface area (Å²) in [6.07, 6.45) is 0. The molecule has 2 amide bonds. The molecule has 140 valence electrons. The highest BCUT2D eigenvalue weighted by Crippen LogP contribution is 2.33. The van der Waals surface area contributed by atoms with Gasteiger partial charge in [-0.3, -0.25) is 9.59 Å². The third-order valence-corrected chi connectivity index (χ3v) is 4.66. The molecule has 2 aromatic rings. The number of nitrogens with one attached hydrogen (secondary N) is 1. The van der Waals surface area contributed by atoms with Crippen molar-refractivity contribution in [2.45, 2.75) is 6.54 Å². The lowest BCUT2D eigenvalue weighted by molar-refractivity contribution is -0.129. The van der Waals surface area contributed by atoms with Crippen LogP contribution in [0.15, 0.2) is 36.4 Å². The normalized spacial score (nSPS) is 15.4. The number of amides is 2. The molecule has 2 aliphatic rings. The van der Waals surface area contributed by atoms with Crippen LogP contribution in [-0.2, 0) is 11.3 Å². The van der Waals surface area contributed by atoms with Crippen LogP contribution >= 0.6 is 0 Å². The molecule has 0 aromatic heterocycles. The second kappa shape index (κ2) is 6.86. The molecule has 6 nitrogen and oxygen atoms in total. The first-order valence-electron chi connectivity index (χ1n) is 8.42. The molecule has 2 aliphatic heterocycles. The van der Waals surface area contributed by atoms with E-state index < -0.39 is 17.6 Å². The molecule has 27 heavy (non-hydrogen) atoms. The number of carbonyl (C=O) groups excluding carboxylic acids is 2. The zero-order chi connectivity index (χ0) is 19.0. The van der Waals surface area contributed by atoms with Gasteiger partial charge in [0.15, 0.2) is 11.5 Å². The van der Waals surface area contributed by atoms with Crippen LogP contribution in [0.2, 0.25) is 0 Å².